The molecule has 20 heavy (non-hydrogen) atoms. The fourth-order valence-electron chi connectivity index (χ4n) is 3.13. The van der Waals surface area contributed by atoms with Crippen LogP contribution in [0.2, 0.25) is 0 Å². The van der Waals surface area contributed by atoms with E-state index in [1.807, 2.05) is 0 Å². The summed E-state index contributed by atoms with van der Waals surface area (Å²) in [6.07, 6.45) is 2.50. The lowest BCUT2D eigenvalue weighted by Gasteiger charge is -2.41. The summed E-state index contributed by atoms with van der Waals surface area (Å²) in [5.74, 6) is 0. The molecule has 1 saturated heterocycles. The minimum Gasteiger partial charge on any atom is -0.316 e. The lowest BCUT2D eigenvalue weighted by molar-refractivity contribution is 0.0802. The topological polar surface area (TPSA) is 18.5 Å². The average Bonchev–Trinajstić information content (AvgIpc) is 2.49. The van der Waals surface area contributed by atoms with Crippen molar-refractivity contribution >= 4 is 0 Å². The smallest absolute Gasteiger partial charge is 0.0476 e. The Morgan fingerprint density at radius 2 is 2.00 bits per heavy atom. The van der Waals surface area contributed by atoms with Gasteiger partial charge in [0, 0.05) is 38.3 Å². The van der Waals surface area contributed by atoms with Crippen LogP contribution in [-0.2, 0) is 0 Å². The molecule has 1 aromatic carbocycles. The van der Waals surface area contributed by atoms with Gasteiger partial charge in [-0.25, -0.2) is 0 Å². The van der Waals surface area contributed by atoms with E-state index in [1.54, 1.807) is 0 Å². The number of hydrogen-bond acceptors (Lipinski definition) is 3. The highest BCUT2D eigenvalue weighted by molar-refractivity contribution is 5.20. The number of piperazine rings is 1. The second-order valence-corrected chi connectivity index (χ2v) is 5.96. The lowest BCUT2D eigenvalue weighted by Crippen LogP contribution is -2.50. The molecule has 1 aliphatic heterocycles. The predicted octanol–water partition coefficient (Wildman–Crippen LogP) is 2.36. The molecule has 2 unspecified atom stereocenters. The van der Waals surface area contributed by atoms with E-state index >= 15 is 0 Å². The first-order valence-corrected chi connectivity index (χ1v) is 7.89. The van der Waals surface area contributed by atoms with Crippen molar-refractivity contribution in [3.8, 4) is 0 Å². The number of hydrogen-bond donors (Lipinski definition) is 1. The first-order valence-electron chi connectivity index (χ1n) is 7.89. The van der Waals surface area contributed by atoms with Gasteiger partial charge in [0.2, 0.25) is 0 Å². The van der Waals surface area contributed by atoms with Gasteiger partial charge in [-0.15, -0.1) is 0 Å². The summed E-state index contributed by atoms with van der Waals surface area (Å²) in [4.78, 5) is 5.11. The highest BCUT2D eigenvalue weighted by atomic mass is 15.3. The Balaban J connectivity index is 2.08. The van der Waals surface area contributed by atoms with Gasteiger partial charge in [0.05, 0.1) is 0 Å². The molecule has 0 aromatic heterocycles. The van der Waals surface area contributed by atoms with Crippen molar-refractivity contribution in [3.05, 3.63) is 35.9 Å². The van der Waals surface area contributed by atoms with Gasteiger partial charge in [0.15, 0.2) is 0 Å². The number of likely N-dealkylation sites (N-methyl/N-ethyl adjacent to an activating group) is 2. The Bertz CT molecular complexity index is 379. The minimum atomic E-state index is 0.530. The van der Waals surface area contributed by atoms with Gasteiger partial charge < -0.3 is 10.2 Å². The van der Waals surface area contributed by atoms with Crippen molar-refractivity contribution in [1.82, 2.24) is 15.1 Å². The maximum Gasteiger partial charge on any atom is 0.0476 e. The van der Waals surface area contributed by atoms with Crippen LogP contribution in [0.3, 0.4) is 0 Å². The van der Waals surface area contributed by atoms with Gasteiger partial charge in [-0.2, -0.15) is 0 Å². The Morgan fingerprint density at radius 1 is 1.25 bits per heavy atom. The van der Waals surface area contributed by atoms with Crippen LogP contribution in [0.1, 0.15) is 31.4 Å². The number of benzene rings is 1. The molecule has 1 fully saturated rings. The van der Waals surface area contributed by atoms with Crippen molar-refractivity contribution in [2.24, 2.45) is 0 Å². The van der Waals surface area contributed by atoms with Gasteiger partial charge >= 0.3 is 0 Å². The predicted molar refractivity (Wildman–Crippen MR) is 86.0 cm³/mol. The summed E-state index contributed by atoms with van der Waals surface area (Å²) in [7, 11) is 4.32. The third-order valence-corrected chi connectivity index (χ3v) is 4.38. The molecule has 2 atom stereocenters. The molecule has 0 spiro atoms. The zero-order chi connectivity index (χ0) is 14.4. The first kappa shape index (κ1) is 15.5. The molecular formula is C17H29N3. The molecule has 0 aliphatic carbocycles. The Morgan fingerprint density at radius 3 is 2.65 bits per heavy atom. The summed E-state index contributed by atoms with van der Waals surface area (Å²) >= 11 is 0. The maximum absolute atomic E-state index is 3.48. The van der Waals surface area contributed by atoms with Crippen LogP contribution in [0.4, 0.5) is 0 Å². The summed E-state index contributed by atoms with van der Waals surface area (Å²) in [5, 5.41) is 3.48. The number of nitrogens with one attached hydrogen (secondary N) is 1. The second kappa shape index (κ2) is 7.77. The molecule has 0 bridgehead atoms. The summed E-state index contributed by atoms with van der Waals surface area (Å²) in [5.41, 5.74) is 1.45. The van der Waals surface area contributed by atoms with Gasteiger partial charge in [0.1, 0.15) is 0 Å². The largest absolute Gasteiger partial charge is 0.316 e. The molecule has 1 aliphatic rings. The van der Waals surface area contributed by atoms with Gasteiger partial charge in [0.25, 0.3) is 0 Å². The van der Waals surface area contributed by atoms with Crippen molar-refractivity contribution in [2.75, 3.05) is 40.3 Å². The third-order valence-electron chi connectivity index (χ3n) is 4.38. The van der Waals surface area contributed by atoms with E-state index < -0.39 is 0 Å². The lowest BCUT2D eigenvalue weighted by atomic mass is 10.0. The van der Waals surface area contributed by atoms with Crippen LogP contribution < -0.4 is 5.32 Å². The van der Waals surface area contributed by atoms with Gasteiger partial charge in [-0.05, 0) is 26.1 Å². The third kappa shape index (κ3) is 4.05. The fraction of sp³-hybridized carbons (Fsp3) is 0.647. The van der Waals surface area contributed by atoms with Gasteiger partial charge in [-0.3, -0.25) is 4.90 Å². The molecule has 2 rings (SSSR count). The molecule has 1 N–H and O–H groups in total. The van der Waals surface area contributed by atoms with E-state index in [-0.39, 0.29) is 0 Å². The van der Waals surface area contributed by atoms with E-state index in [0.717, 1.165) is 19.6 Å². The normalized spacial score (nSPS) is 22.9. The summed E-state index contributed by atoms with van der Waals surface area (Å²) in [6, 6.07) is 12.1. The van der Waals surface area contributed by atoms with E-state index in [2.05, 4.69) is 66.5 Å². The van der Waals surface area contributed by atoms with E-state index in [0.29, 0.717) is 12.1 Å². The first-order chi connectivity index (χ1) is 9.74. The van der Waals surface area contributed by atoms with Crippen molar-refractivity contribution in [3.63, 3.8) is 0 Å². The average molecular weight is 275 g/mol. The molecule has 3 nitrogen and oxygen atoms in total. The Kier molecular flexibility index (Phi) is 6.02. The quantitative estimate of drug-likeness (QED) is 0.860. The molecule has 0 saturated carbocycles. The van der Waals surface area contributed by atoms with Gasteiger partial charge in [-0.1, -0.05) is 43.7 Å². The minimum absolute atomic E-state index is 0.530. The van der Waals surface area contributed by atoms with E-state index in [4.69, 9.17) is 0 Å². The molecule has 1 heterocycles. The molecule has 3 heteroatoms. The zero-order valence-electron chi connectivity index (χ0n) is 13.2. The highest BCUT2D eigenvalue weighted by Crippen LogP contribution is 2.25. The van der Waals surface area contributed by atoms with E-state index in [1.165, 1.54) is 24.9 Å². The summed E-state index contributed by atoms with van der Waals surface area (Å²) < 4.78 is 0. The molecule has 0 amide bonds. The fourth-order valence-corrected chi connectivity index (χ4v) is 3.13. The SMILES string of the molecule is CCCC(CN1CCN(C)CC1c1ccccc1)NC. The highest BCUT2D eigenvalue weighted by Gasteiger charge is 2.27. The van der Waals surface area contributed by atoms with Crippen molar-refractivity contribution < 1.29 is 0 Å². The molecule has 1 aromatic rings. The van der Waals surface area contributed by atoms with Crippen LogP contribution in [0.15, 0.2) is 30.3 Å². The number of rotatable bonds is 6. The molecule has 112 valence electrons. The van der Waals surface area contributed by atoms with Crippen LogP contribution in [0.25, 0.3) is 0 Å². The van der Waals surface area contributed by atoms with Crippen molar-refractivity contribution in [1.29, 1.82) is 0 Å². The van der Waals surface area contributed by atoms with Crippen LogP contribution in [0.5, 0.6) is 0 Å². The van der Waals surface area contributed by atoms with E-state index in [9.17, 15) is 0 Å². The number of nitrogens with zero attached hydrogens (tertiary/aromatic N) is 2. The van der Waals surface area contributed by atoms with Crippen molar-refractivity contribution in [2.45, 2.75) is 31.8 Å². The Hall–Kier alpha value is -0.900. The zero-order valence-corrected chi connectivity index (χ0v) is 13.2. The van der Waals surface area contributed by atoms with Crippen LogP contribution in [0, 0.1) is 0 Å². The van der Waals surface area contributed by atoms with Crippen LogP contribution >= 0.6 is 0 Å². The molecular weight excluding hydrogens is 246 g/mol. The summed E-state index contributed by atoms with van der Waals surface area (Å²) in [6.45, 7) is 6.89. The Labute approximate surface area is 124 Å². The molecule has 0 radical (unpaired) electrons. The second-order valence-electron chi connectivity index (χ2n) is 5.96. The van der Waals surface area contributed by atoms with Crippen LogP contribution in [-0.4, -0.2) is 56.1 Å². The standard InChI is InChI=1S/C17H29N3/c1-4-8-16(18-2)13-20-12-11-19(3)14-17(20)15-9-6-5-7-10-15/h5-7,9-10,16-18H,4,8,11-14H2,1-3H3. The maximum atomic E-state index is 3.48. The monoisotopic (exact) mass is 275 g/mol.